The van der Waals surface area contributed by atoms with Gasteiger partial charge in [-0.15, -0.1) is 11.3 Å². The van der Waals surface area contributed by atoms with Gasteiger partial charge in [-0.05, 0) is 36.2 Å². The van der Waals surface area contributed by atoms with Gasteiger partial charge in [0, 0.05) is 23.0 Å². The first-order chi connectivity index (χ1) is 10.9. The lowest BCUT2D eigenvalue weighted by Crippen LogP contribution is -2.37. The van der Waals surface area contributed by atoms with E-state index in [1.165, 1.54) is 11.3 Å². The molecule has 1 aromatic carbocycles. The number of carbonyl (C=O) groups is 1. The van der Waals surface area contributed by atoms with Gasteiger partial charge in [0.05, 0.1) is 16.4 Å². The number of rotatable bonds is 3. The maximum Gasteiger partial charge on any atom is 0.263 e. The van der Waals surface area contributed by atoms with Crippen LogP contribution in [0, 0.1) is 0 Å². The van der Waals surface area contributed by atoms with E-state index < -0.39 is 9.84 Å². The Hall–Kier alpha value is -1.37. The number of carbonyl (C=O) groups excluding carboxylic acids is 1. The largest absolute Gasteiger partial charge is 0.337 e. The summed E-state index contributed by atoms with van der Waals surface area (Å²) in [6.07, 6.45) is 0.514. The molecule has 122 valence electrons. The second kappa shape index (κ2) is 6.26. The van der Waals surface area contributed by atoms with Crippen LogP contribution in [0.15, 0.2) is 36.4 Å². The van der Waals surface area contributed by atoms with Crippen molar-refractivity contribution in [2.45, 2.75) is 12.5 Å². The molecule has 2 aromatic rings. The standard InChI is InChI=1S/C16H16ClNO3S2/c1-18(13-8-9-23(20,21)10-13)16(19)15-7-6-14(22-15)11-2-4-12(17)5-3-11/h2-7,13H,8-10H2,1H3. The maximum absolute atomic E-state index is 12.6. The summed E-state index contributed by atoms with van der Waals surface area (Å²) >= 11 is 7.29. The van der Waals surface area contributed by atoms with Gasteiger partial charge in [-0.3, -0.25) is 4.79 Å². The predicted molar refractivity (Wildman–Crippen MR) is 93.9 cm³/mol. The zero-order valence-electron chi connectivity index (χ0n) is 12.5. The average molecular weight is 370 g/mol. The summed E-state index contributed by atoms with van der Waals surface area (Å²) in [5.74, 6) is 0.0951. The van der Waals surface area contributed by atoms with Crippen LogP contribution in [0.25, 0.3) is 10.4 Å². The number of amides is 1. The number of thiophene rings is 1. The topological polar surface area (TPSA) is 54.5 Å². The third kappa shape index (κ3) is 3.59. The number of sulfone groups is 1. The highest BCUT2D eigenvalue weighted by Crippen LogP contribution is 2.30. The van der Waals surface area contributed by atoms with Gasteiger partial charge in [-0.25, -0.2) is 8.42 Å². The van der Waals surface area contributed by atoms with Crippen molar-refractivity contribution in [1.82, 2.24) is 4.90 Å². The van der Waals surface area contributed by atoms with Crippen LogP contribution in [0.5, 0.6) is 0 Å². The van der Waals surface area contributed by atoms with E-state index in [4.69, 9.17) is 11.6 Å². The highest BCUT2D eigenvalue weighted by Gasteiger charge is 2.33. The van der Waals surface area contributed by atoms with Crippen LogP contribution < -0.4 is 0 Å². The van der Waals surface area contributed by atoms with Gasteiger partial charge >= 0.3 is 0 Å². The average Bonchev–Trinajstić information content (AvgIpc) is 3.13. The fourth-order valence-electron chi connectivity index (χ4n) is 2.64. The molecular weight excluding hydrogens is 354 g/mol. The minimum absolute atomic E-state index is 0.0602. The van der Waals surface area contributed by atoms with E-state index in [-0.39, 0.29) is 23.5 Å². The summed E-state index contributed by atoms with van der Waals surface area (Å²) in [5, 5.41) is 0.670. The number of benzene rings is 1. The van der Waals surface area contributed by atoms with E-state index >= 15 is 0 Å². The van der Waals surface area contributed by atoms with Gasteiger partial charge in [0.25, 0.3) is 5.91 Å². The third-order valence-corrected chi connectivity index (χ3v) is 7.15. The van der Waals surface area contributed by atoms with Gasteiger partial charge in [0.2, 0.25) is 0 Å². The second-order valence-electron chi connectivity index (χ2n) is 5.64. The first kappa shape index (κ1) is 16.5. The molecule has 0 N–H and O–H groups in total. The Morgan fingerprint density at radius 2 is 1.91 bits per heavy atom. The van der Waals surface area contributed by atoms with Crippen molar-refractivity contribution < 1.29 is 13.2 Å². The lowest BCUT2D eigenvalue weighted by Gasteiger charge is -2.22. The SMILES string of the molecule is CN(C(=O)c1ccc(-c2ccc(Cl)cc2)s1)C1CCS(=O)(=O)C1. The molecule has 1 fully saturated rings. The quantitative estimate of drug-likeness (QED) is 0.833. The number of halogens is 1. The molecule has 0 bridgehead atoms. The summed E-state index contributed by atoms with van der Waals surface area (Å²) in [7, 11) is -1.32. The number of nitrogens with zero attached hydrogens (tertiary/aromatic N) is 1. The van der Waals surface area contributed by atoms with Crippen molar-refractivity contribution in [2.75, 3.05) is 18.6 Å². The highest BCUT2D eigenvalue weighted by molar-refractivity contribution is 7.91. The van der Waals surface area contributed by atoms with Crippen molar-refractivity contribution in [1.29, 1.82) is 0 Å². The molecule has 0 aliphatic carbocycles. The van der Waals surface area contributed by atoms with Gasteiger partial charge < -0.3 is 4.90 Å². The summed E-state index contributed by atoms with van der Waals surface area (Å²) in [6, 6.07) is 10.9. The van der Waals surface area contributed by atoms with Gasteiger partial charge in [0.15, 0.2) is 9.84 Å². The highest BCUT2D eigenvalue weighted by atomic mass is 35.5. The molecule has 2 heterocycles. The van der Waals surface area contributed by atoms with Crippen LogP contribution in [0.1, 0.15) is 16.1 Å². The Morgan fingerprint density at radius 1 is 1.22 bits per heavy atom. The van der Waals surface area contributed by atoms with Gasteiger partial charge in [0.1, 0.15) is 0 Å². The van der Waals surface area contributed by atoms with E-state index in [1.54, 1.807) is 18.0 Å². The van der Waals surface area contributed by atoms with Crippen LogP contribution in [-0.4, -0.2) is 43.8 Å². The summed E-state index contributed by atoms with van der Waals surface area (Å²) in [4.78, 5) is 15.7. The van der Waals surface area contributed by atoms with E-state index in [9.17, 15) is 13.2 Å². The molecule has 0 saturated carbocycles. The summed E-state index contributed by atoms with van der Waals surface area (Å²) < 4.78 is 23.1. The van der Waals surface area contributed by atoms with Gasteiger partial charge in [-0.1, -0.05) is 23.7 Å². The normalized spacial score (nSPS) is 19.7. The van der Waals surface area contributed by atoms with Crippen LogP contribution in [0.4, 0.5) is 0 Å². The molecule has 1 aliphatic heterocycles. The Labute approximate surface area is 144 Å². The molecule has 23 heavy (non-hydrogen) atoms. The zero-order valence-corrected chi connectivity index (χ0v) is 14.9. The lowest BCUT2D eigenvalue weighted by atomic mass is 10.2. The minimum atomic E-state index is -3.00. The Kier molecular flexibility index (Phi) is 4.49. The Morgan fingerprint density at radius 3 is 2.52 bits per heavy atom. The summed E-state index contributed by atoms with van der Waals surface area (Å²) in [5.41, 5.74) is 1.00. The van der Waals surface area contributed by atoms with E-state index in [0.717, 1.165) is 10.4 Å². The van der Waals surface area contributed by atoms with Crippen LogP contribution in [0.2, 0.25) is 5.02 Å². The molecule has 0 radical (unpaired) electrons. The maximum atomic E-state index is 12.6. The molecule has 1 atom stereocenters. The fraction of sp³-hybridized carbons (Fsp3) is 0.312. The smallest absolute Gasteiger partial charge is 0.263 e. The molecule has 1 unspecified atom stereocenters. The molecule has 4 nitrogen and oxygen atoms in total. The molecule has 1 saturated heterocycles. The fourth-order valence-corrected chi connectivity index (χ4v) is 5.54. The van der Waals surface area contributed by atoms with Gasteiger partial charge in [-0.2, -0.15) is 0 Å². The molecule has 1 amide bonds. The Balaban J connectivity index is 1.77. The van der Waals surface area contributed by atoms with E-state index in [1.807, 2.05) is 30.3 Å². The third-order valence-electron chi connectivity index (χ3n) is 4.02. The minimum Gasteiger partial charge on any atom is -0.337 e. The molecule has 1 aromatic heterocycles. The lowest BCUT2D eigenvalue weighted by molar-refractivity contribution is 0.0752. The van der Waals surface area contributed by atoms with Crippen molar-refractivity contribution in [2.24, 2.45) is 0 Å². The first-order valence-electron chi connectivity index (χ1n) is 7.19. The van der Waals surface area contributed by atoms with Crippen molar-refractivity contribution in [3.8, 4) is 10.4 Å². The van der Waals surface area contributed by atoms with Crippen LogP contribution >= 0.6 is 22.9 Å². The van der Waals surface area contributed by atoms with Crippen molar-refractivity contribution >= 4 is 38.7 Å². The van der Waals surface area contributed by atoms with Crippen molar-refractivity contribution in [3.63, 3.8) is 0 Å². The first-order valence-corrected chi connectivity index (χ1v) is 10.2. The van der Waals surface area contributed by atoms with Crippen molar-refractivity contribution in [3.05, 3.63) is 46.3 Å². The van der Waals surface area contributed by atoms with E-state index in [2.05, 4.69) is 0 Å². The molecule has 7 heteroatoms. The number of hydrogen-bond donors (Lipinski definition) is 0. The molecule has 0 spiro atoms. The predicted octanol–water partition coefficient (Wildman–Crippen LogP) is 3.33. The monoisotopic (exact) mass is 369 g/mol. The summed E-state index contributed by atoms with van der Waals surface area (Å²) in [6.45, 7) is 0. The van der Waals surface area contributed by atoms with Crippen LogP contribution in [-0.2, 0) is 9.84 Å². The molecule has 3 rings (SSSR count). The molecule has 1 aliphatic rings. The second-order valence-corrected chi connectivity index (χ2v) is 9.39. The molecular formula is C16H16ClNO3S2. The number of hydrogen-bond acceptors (Lipinski definition) is 4. The van der Waals surface area contributed by atoms with Crippen LogP contribution in [0.3, 0.4) is 0 Å². The zero-order chi connectivity index (χ0) is 16.6. The Bertz CT molecular complexity index is 827. The van der Waals surface area contributed by atoms with E-state index in [0.29, 0.717) is 16.3 Å².